The molecule has 2 rings (SSSR count). The number of hydrogen-bond acceptors (Lipinski definition) is 3. The Labute approximate surface area is 145 Å². The number of amides is 1. The summed E-state index contributed by atoms with van der Waals surface area (Å²) in [5, 5.41) is 13.2. The molecular weight excluding hydrogens is 328 g/mol. The number of carbonyl (C=O) groups is 1. The summed E-state index contributed by atoms with van der Waals surface area (Å²) < 4.78 is 29.3. The summed E-state index contributed by atoms with van der Waals surface area (Å²) in [6.07, 6.45) is -2.62. The van der Waals surface area contributed by atoms with Gasteiger partial charge in [0.25, 0.3) is 6.43 Å². The van der Waals surface area contributed by atoms with Gasteiger partial charge in [0.15, 0.2) is 0 Å². The lowest BCUT2D eigenvalue weighted by Gasteiger charge is -2.23. The summed E-state index contributed by atoms with van der Waals surface area (Å²) in [6.45, 7) is 1.13. The molecule has 0 radical (unpaired) electrons. The summed E-state index contributed by atoms with van der Waals surface area (Å²) in [7, 11) is 0. The first-order chi connectivity index (χ1) is 11.9. The predicted octanol–water partition coefficient (Wildman–Crippen LogP) is 3.24. The van der Waals surface area contributed by atoms with E-state index < -0.39 is 18.6 Å². The van der Waals surface area contributed by atoms with Crippen molar-refractivity contribution in [2.24, 2.45) is 0 Å². The number of nitrogens with one attached hydrogen (secondary N) is 1. The van der Waals surface area contributed by atoms with Gasteiger partial charge in [0, 0.05) is 6.54 Å². The third-order valence-electron chi connectivity index (χ3n) is 3.66. The molecule has 0 aliphatic heterocycles. The van der Waals surface area contributed by atoms with Gasteiger partial charge in [-0.3, -0.25) is 4.79 Å². The van der Waals surface area contributed by atoms with Crippen molar-refractivity contribution in [3.8, 4) is 5.75 Å². The lowest BCUT2D eigenvalue weighted by molar-refractivity contribution is -0.126. The first kappa shape index (κ1) is 18.9. The largest absolute Gasteiger partial charge is 0.488 e. The standard InChI is InChI=1S/C19H21F2NO3/c1-19(24,15-7-3-2-4-8-15)11-18(23)22-12-14-6-5-9-16(10-14)25-13-17(20)21/h2-10,17,24H,11-13H2,1H3,(H,22,23). The molecule has 0 spiro atoms. The first-order valence-corrected chi connectivity index (χ1v) is 7.91. The van der Waals surface area contributed by atoms with Crippen molar-refractivity contribution >= 4 is 5.91 Å². The highest BCUT2D eigenvalue weighted by atomic mass is 19.3. The van der Waals surface area contributed by atoms with E-state index in [1.807, 2.05) is 6.07 Å². The fourth-order valence-electron chi connectivity index (χ4n) is 2.38. The van der Waals surface area contributed by atoms with Gasteiger partial charge in [0.2, 0.25) is 5.91 Å². The second kappa shape index (κ2) is 8.58. The Hall–Kier alpha value is -2.47. The molecule has 0 aliphatic rings. The number of benzene rings is 2. The van der Waals surface area contributed by atoms with Crippen molar-refractivity contribution in [1.82, 2.24) is 5.32 Å². The van der Waals surface area contributed by atoms with Gasteiger partial charge in [-0.2, -0.15) is 0 Å². The molecule has 2 N–H and O–H groups in total. The average Bonchev–Trinajstić information content (AvgIpc) is 2.59. The van der Waals surface area contributed by atoms with Crippen LogP contribution in [0.2, 0.25) is 0 Å². The first-order valence-electron chi connectivity index (χ1n) is 7.91. The molecule has 134 valence electrons. The number of hydrogen-bond donors (Lipinski definition) is 2. The molecule has 0 aromatic heterocycles. The zero-order valence-corrected chi connectivity index (χ0v) is 13.9. The fraction of sp³-hybridized carbons (Fsp3) is 0.316. The number of ether oxygens (including phenoxy) is 1. The van der Waals surface area contributed by atoms with Gasteiger partial charge < -0.3 is 15.2 Å². The Kier molecular flexibility index (Phi) is 6.47. The number of halogens is 2. The van der Waals surface area contributed by atoms with E-state index in [1.165, 1.54) is 0 Å². The molecule has 0 fully saturated rings. The summed E-state index contributed by atoms with van der Waals surface area (Å²) in [5.74, 6) is 0.0103. The SMILES string of the molecule is CC(O)(CC(=O)NCc1cccc(OCC(F)F)c1)c1ccccc1. The summed E-state index contributed by atoms with van der Waals surface area (Å²) >= 11 is 0. The smallest absolute Gasteiger partial charge is 0.272 e. The zero-order chi connectivity index (χ0) is 18.3. The van der Waals surface area contributed by atoms with Crippen molar-refractivity contribution < 1.29 is 23.4 Å². The van der Waals surface area contributed by atoms with Gasteiger partial charge in [0.05, 0.1) is 12.0 Å². The van der Waals surface area contributed by atoms with Gasteiger partial charge >= 0.3 is 0 Å². The number of alkyl halides is 2. The van der Waals surface area contributed by atoms with Crippen molar-refractivity contribution in [2.75, 3.05) is 6.61 Å². The van der Waals surface area contributed by atoms with E-state index in [4.69, 9.17) is 4.74 Å². The second-order valence-corrected chi connectivity index (χ2v) is 5.94. The summed E-state index contributed by atoms with van der Waals surface area (Å²) in [4.78, 5) is 12.1. The maximum absolute atomic E-state index is 12.2. The van der Waals surface area contributed by atoms with E-state index in [9.17, 15) is 18.7 Å². The Morgan fingerprint density at radius 3 is 2.60 bits per heavy atom. The zero-order valence-electron chi connectivity index (χ0n) is 13.9. The third kappa shape index (κ3) is 6.15. The lowest BCUT2D eigenvalue weighted by atomic mass is 9.92. The normalized spacial score (nSPS) is 13.3. The molecule has 6 heteroatoms. The molecule has 0 saturated carbocycles. The van der Waals surface area contributed by atoms with Crippen molar-refractivity contribution in [1.29, 1.82) is 0 Å². The van der Waals surface area contributed by atoms with E-state index in [0.29, 0.717) is 11.3 Å². The van der Waals surface area contributed by atoms with Crippen LogP contribution in [0.15, 0.2) is 54.6 Å². The minimum Gasteiger partial charge on any atom is -0.488 e. The van der Waals surface area contributed by atoms with Crippen LogP contribution in [0, 0.1) is 0 Å². The van der Waals surface area contributed by atoms with Crippen LogP contribution < -0.4 is 10.1 Å². The maximum Gasteiger partial charge on any atom is 0.272 e. The minimum atomic E-state index is -2.54. The lowest BCUT2D eigenvalue weighted by Crippen LogP contribution is -2.32. The van der Waals surface area contributed by atoms with E-state index in [0.717, 1.165) is 5.56 Å². The van der Waals surface area contributed by atoms with Crippen LogP contribution >= 0.6 is 0 Å². The van der Waals surface area contributed by atoms with Gasteiger partial charge in [0.1, 0.15) is 12.4 Å². The number of carbonyl (C=O) groups excluding carboxylic acids is 1. The van der Waals surface area contributed by atoms with Crippen LogP contribution in [0.5, 0.6) is 5.75 Å². The minimum absolute atomic E-state index is 0.0847. The van der Waals surface area contributed by atoms with Gasteiger partial charge in [-0.1, -0.05) is 42.5 Å². The summed E-state index contributed by atoms with van der Waals surface area (Å²) in [6, 6.07) is 15.6. The molecule has 2 aromatic rings. The molecule has 0 aliphatic carbocycles. The molecular formula is C19H21F2NO3. The van der Waals surface area contributed by atoms with Crippen LogP contribution in [0.1, 0.15) is 24.5 Å². The second-order valence-electron chi connectivity index (χ2n) is 5.94. The maximum atomic E-state index is 12.2. The van der Waals surface area contributed by atoms with E-state index in [-0.39, 0.29) is 18.9 Å². The Morgan fingerprint density at radius 2 is 1.92 bits per heavy atom. The molecule has 1 atom stereocenters. The molecule has 0 saturated heterocycles. The highest BCUT2D eigenvalue weighted by Crippen LogP contribution is 2.24. The van der Waals surface area contributed by atoms with Gasteiger partial charge in [-0.25, -0.2) is 8.78 Å². The van der Waals surface area contributed by atoms with Crippen LogP contribution in [0.25, 0.3) is 0 Å². The monoisotopic (exact) mass is 349 g/mol. The average molecular weight is 349 g/mol. The molecule has 1 amide bonds. The predicted molar refractivity (Wildman–Crippen MR) is 90.4 cm³/mol. The molecule has 0 bridgehead atoms. The Balaban J connectivity index is 1.88. The van der Waals surface area contributed by atoms with Crippen LogP contribution in [0.3, 0.4) is 0 Å². The molecule has 2 aromatic carbocycles. The summed E-state index contributed by atoms with van der Waals surface area (Å²) in [5.41, 5.74) is 0.111. The highest BCUT2D eigenvalue weighted by molar-refractivity contribution is 5.77. The number of aliphatic hydroxyl groups is 1. The topological polar surface area (TPSA) is 58.6 Å². The highest BCUT2D eigenvalue weighted by Gasteiger charge is 2.26. The van der Waals surface area contributed by atoms with E-state index in [2.05, 4.69) is 5.32 Å². The van der Waals surface area contributed by atoms with Crippen LogP contribution in [0.4, 0.5) is 8.78 Å². The van der Waals surface area contributed by atoms with Crippen molar-refractivity contribution in [3.63, 3.8) is 0 Å². The molecule has 1 unspecified atom stereocenters. The van der Waals surface area contributed by atoms with Crippen molar-refractivity contribution in [3.05, 3.63) is 65.7 Å². The van der Waals surface area contributed by atoms with Crippen LogP contribution in [-0.4, -0.2) is 24.0 Å². The van der Waals surface area contributed by atoms with Crippen LogP contribution in [-0.2, 0) is 16.9 Å². The van der Waals surface area contributed by atoms with Gasteiger partial charge in [-0.05, 0) is 30.2 Å². The Bertz CT molecular complexity index is 690. The fourth-order valence-corrected chi connectivity index (χ4v) is 2.38. The third-order valence-corrected chi connectivity index (χ3v) is 3.66. The molecule has 25 heavy (non-hydrogen) atoms. The Morgan fingerprint density at radius 1 is 1.20 bits per heavy atom. The van der Waals surface area contributed by atoms with Crippen molar-refractivity contribution in [2.45, 2.75) is 31.9 Å². The molecule has 0 heterocycles. The number of rotatable bonds is 8. The van der Waals surface area contributed by atoms with Gasteiger partial charge in [-0.15, -0.1) is 0 Å². The quantitative estimate of drug-likeness (QED) is 0.769. The molecule has 4 nitrogen and oxygen atoms in total. The van der Waals surface area contributed by atoms with E-state index in [1.54, 1.807) is 55.5 Å². The van der Waals surface area contributed by atoms with E-state index >= 15 is 0 Å².